The standard InChI is InChI=1S/C28H51N7O15S/c29-16-24(39)31-10-2-1-4-18(26(41)42)35-25(40)17-50-14-13-49-12-11-32-21(36)8-6-19(27(43)44)34-23(38)9-7-20(28(45)46)33-22(37)5-3-15-51(30,47)48/h18-20,28,45-46H,1-17,29H2,(H,31,39)(H,32,36)(H,33,37)(H,34,38)(H,35,40)(H,41,42)(H,43,44)(H2,30,47,48). The Morgan fingerprint density at radius 3 is 1.80 bits per heavy atom. The molecule has 0 spiro atoms. The molecule has 5 amide bonds. The summed E-state index contributed by atoms with van der Waals surface area (Å²) < 4.78 is 32.3. The zero-order chi connectivity index (χ0) is 38.8. The second kappa shape index (κ2) is 26.8. The zero-order valence-corrected chi connectivity index (χ0v) is 29.0. The lowest BCUT2D eigenvalue weighted by Gasteiger charge is -2.21. The number of unbranched alkanes of at least 4 members (excludes halogenated alkanes) is 1. The van der Waals surface area contributed by atoms with Gasteiger partial charge in [0, 0.05) is 32.4 Å². The summed E-state index contributed by atoms with van der Waals surface area (Å²) in [6, 6.07) is -3.87. The van der Waals surface area contributed by atoms with Gasteiger partial charge in [-0.05, 0) is 38.5 Å². The van der Waals surface area contributed by atoms with Crippen LogP contribution >= 0.6 is 0 Å². The number of nitrogens with one attached hydrogen (secondary N) is 5. The van der Waals surface area contributed by atoms with Crippen molar-refractivity contribution in [2.45, 2.75) is 82.2 Å². The Morgan fingerprint density at radius 2 is 1.20 bits per heavy atom. The van der Waals surface area contributed by atoms with Gasteiger partial charge in [-0.2, -0.15) is 0 Å². The second-order valence-corrected chi connectivity index (χ2v) is 12.9. The highest BCUT2D eigenvalue weighted by atomic mass is 32.2. The molecule has 0 aromatic rings. The first kappa shape index (κ1) is 47.0. The fraction of sp³-hybridized carbons (Fsp3) is 0.750. The van der Waals surface area contributed by atoms with Gasteiger partial charge in [0.1, 0.15) is 18.7 Å². The minimum absolute atomic E-state index is 0.00840. The van der Waals surface area contributed by atoms with Crippen molar-refractivity contribution in [3.63, 3.8) is 0 Å². The van der Waals surface area contributed by atoms with Crippen LogP contribution in [0, 0.1) is 0 Å². The van der Waals surface area contributed by atoms with Crippen LogP contribution in [-0.4, -0.2) is 147 Å². The van der Waals surface area contributed by atoms with Crippen LogP contribution in [0.4, 0.5) is 0 Å². The molecule has 0 bridgehead atoms. The molecule has 294 valence electrons. The van der Waals surface area contributed by atoms with Crippen LogP contribution in [0.15, 0.2) is 0 Å². The van der Waals surface area contributed by atoms with Crippen LogP contribution in [0.3, 0.4) is 0 Å². The lowest BCUT2D eigenvalue weighted by atomic mass is 10.1. The third kappa shape index (κ3) is 26.5. The molecule has 0 fully saturated rings. The molecule has 3 unspecified atom stereocenters. The summed E-state index contributed by atoms with van der Waals surface area (Å²) in [4.78, 5) is 82.4. The summed E-state index contributed by atoms with van der Waals surface area (Å²) >= 11 is 0. The van der Waals surface area contributed by atoms with Crippen LogP contribution in [0.1, 0.15) is 57.8 Å². The molecule has 51 heavy (non-hydrogen) atoms. The maximum absolute atomic E-state index is 12.3. The molecule has 0 saturated carbocycles. The molecule has 0 rings (SSSR count). The first-order valence-corrected chi connectivity index (χ1v) is 17.8. The van der Waals surface area contributed by atoms with Gasteiger partial charge >= 0.3 is 11.9 Å². The van der Waals surface area contributed by atoms with Crippen molar-refractivity contribution in [2.24, 2.45) is 10.9 Å². The summed E-state index contributed by atoms with van der Waals surface area (Å²) in [5, 5.41) is 54.4. The first-order chi connectivity index (χ1) is 23.9. The number of carbonyl (C=O) groups excluding carboxylic acids is 5. The average Bonchev–Trinajstić information content (AvgIpc) is 3.04. The van der Waals surface area contributed by atoms with Crippen LogP contribution in [-0.2, 0) is 53.1 Å². The highest BCUT2D eigenvalue weighted by Gasteiger charge is 2.24. The van der Waals surface area contributed by atoms with E-state index in [1.165, 1.54) is 0 Å². The van der Waals surface area contributed by atoms with Crippen molar-refractivity contribution in [2.75, 3.05) is 51.8 Å². The van der Waals surface area contributed by atoms with Gasteiger partial charge in [0.15, 0.2) is 6.29 Å². The van der Waals surface area contributed by atoms with E-state index in [4.69, 9.17) is 20.3 Å². The number of nitrogens with two attached hydrogens (primary N) is 2. The summed E-state index contributed by atoms with van der Waals surface area (Å²) in [5.41, 5.74) is 5.17. The van der Waals surface area contributed by atoms with E-state index in [0.29, 0.717) is 19.4 Å². The van der Waals surface area contributed by atoms with Crippen molar-refractivity contribution in [1.29, 1.82) is 0 Å². The van der Waals surface area contributed by atoms with Crippen LogP contribution in [0.2, 0.25) is 0 Å². The molecule has 0 aliphatic heterocycles. The number of hydrogen-bond acceptors (Lipinski definition) is 14. The smallest absolute Gasteiger partial charge is 0.326 e. The third-order valence-electron chi connectivity index (χ3n) is 6.75. The molecule has 22 nitrogen and oxygen atoms in total. The van der Waals surface area contributed by atoms with Gasteiger partial charge in [-0.1, -0.05) is 0 Å². The Hall–Kier alpha value is -4.00. The molecule has 0 aromatic heterocycles. The quantitative estimate of drug-likeness (QED) is 0.0241. The maximum atomic E-state index is 12.3. The Morgan fingerprint density at radius 1 is 0.627 bits per heavy atom. The number of aliphatic hydroxyl groups excluding tert-OH is 1. The predicted molar refractivity (Wildman–Crippen MR) is 176 cm³/mol. The van der Waals surface area contributed by atoms with E-state index in [1.807, 2.05) is 0 Å². The lowest BCUT2D eigenvalue weighted by Crippen LogP contribution is -2.45. The summed E-state index contributed by atoms with van der Waals surface area (Å²) in [6.07, 6.45) is -2.61. The predicted octanol–water partition coefficient (Wildman–Crippen LogP) is -5.06. The largest absolute Gasteiger partial charge is 0.480 e. The molecule has 23 heteroatoms. The number of carboxylic acid groups (broad SMARTS) is 2. The van der Waals surface area contributed by atoms with Gasteiger partial charge in [0.05, 0.1) is 38.2 Å². The van der Waals surface area contributed by atoms with Crippen molar-refractivity contribution in [3.05, 3.63) is 0 Å². The minimum Gasteiger partial charge on any atom is -0.480 e. The number of primary sulfonamides is 1. The van der Waals surface area contributed by atoms with Crippen molar-refractivity contribution in [3.8, 4) is 0 Å². The Bertz CT molecular complexity index is 1240. The van der Waals surface area contributed by atoms with E-state index in [2.05, 4.69) is 26.6 Å². The van der Waals surface area contributed by atoms with Gasteiger partial charge in [0.25, 0.3) is 0 Å². The summed E-state index contributed by atoms with van der Waals surface area (Å²) in [7, 11) is -3.78. The molecule has 0 saturated heterocycles. The van der Waals surface area contributed by atoms with E-state index in [1.54, 1.807) is 0 Å². The normalized spacial score (nSPS) is 13.0. The van der Waals surface area contributed by atoms with Crippen LogP contribution < -0.4 is 37.5 Å². The Labute approximate surface area is 294 Å². The molecule has 0 aliphatic rings. The monoisotopic (exact) mass is 757 g/mol. The number of hydrogen-bond donors (Lipinski definition) is 11. The molecular formula is C28H51N7O15S. The fourth-order valence-corrected chi connectivity index (χ4v) is 4.64. The topological polar surface area (TPSA) is 365 Å². The zero-order valence-electron chi connectivity index (χ0n) is 28.2. The number of carboxylic acids is 2. The Kier molecular flexibility index (Phi) is 24.7. The second-order valence-electron chi connectivity index (χ2n) is 11.1. The van der Waals surface area contributed by atoms with Crippen molar-refractivity contribution in [1.82, 2.24) is 26.6 Å². The number of rotatable bonds is 30. The summed E-state index contributed by atoms with van der Waals surface area (Å²) in [6.45, 7) is -0.0847. The number of ether oxygens (including phenoxy) is 2. The van der Waals surface area contributed by atoms with Crippen LogP contribution in [0.5, 0.6) is 0 Å². The molecule has 0 radical (unpaired) electrons. The summed E-state index contributed by atoms with van der Waals surface area (Å²) in [5.74, 6) is -6.10. The molecule has 3 atom stereocenters. The van der Waals surface area contributed by atoms with E-state index < -0.39 is 88.8 Å². The van der Waals surface area contributed by atoms with Gasteiger partial charge < -0.3 is 62.2 Å². The number of amides is 5. The number of sulfonamides is 1. The van der Waals surface area contributed by atoms with E-state index in [9.17, 15) is 62.4 Å². The number of aliphatic carboxylic acids is 2. The van der Waals surface area contributed by atoms with Gasteiger partial charge in [0.2, 0.25) is 39.6 Å². The molecular weight excluding hydrogens is 706 g/mol. The Balaban J connectivity index is 4.25. The highest BCUT2D eigenvalue weighted by Crippen LogP contribution is 2.06. The highest BCUT2D eigenvalue weighted by molar-refractivity contribution is 7.89. The molecule has 13 N–H and O–H groups in total. The first-order valence-electron chi connectivity index (χ1n) is 16.0. The minimum atomic E-state index is -3.78. The fourth-order valence-electron chi connectivity index (χ4n) is 4.10. The number of carbonyl (C=O) groups is 7. The molecule has 0 aromatic carbocycles. The van der Waals surface area contributed by atoms with Gasteiger partial charge in [-0.3, -0.25) is 24.0 Å². The van der Waals surface area contributed by atoms with Crippen molar-refractivity contribution < 1.29 is 71.9 Å². The van der Waals surface area contributed by atoms with Crippen molar-refractivity contribution >= 4 is 51.5 Å². The molecule has 0 aliphatic carbocycles. The van der Waals surface area contributed by atoms with E-state index in [0.717, 1.165) is 0 Å². The third-order valence-corrected chi connectivity index (χ3v) is 7.61. The van der Waals surface area contributed by atoms with Gasteiger partial charge in [-0.15, -0.1) is 0 Å². The van der Waals surface area contributed by atoms with Crippen LogP contribution in [0.25, 0.3) is 0 Å². The average molecular weight is 758 g/mol. The van der Waals surface area contributed by atoms with E-state index in [-0.39, 0.29) is 77.3 Å². The lowest BCUT2D eigenvalue weighted by molar-refractivity contribution is -0.143. The maximum Gasteiger partial charge on any atom is 0.326 e. The van der Waals surface area contributed by atoms with Gasteiger partial charge in [-0.25, -0.2) is 23.1 Å². The van der Waals surface area contributed by atoms with E-state index >= 15 is 0 Å². The SMILES string of the molecule is NCC(=O)NCCCCC(NC(=O)COCCOCCNC(=O)CCC(NC(=O)CCC(NC(=O)CCCS(N)(=O)=O)C(O)O)C(=O)O)C(=O)O. The molecule has 0 heterocycles. The number of aliphatic hydroxyl groups is 2.